The van der Waals surface area contributed by atoms with Gasteiger partial charge in [-0.3, -0.25) is 4.79 Å². The van der Waals surface area contributed by atoms with E-state index in [0.29, 0.717) is 17.0 Å². The molecule has 0 saturated carbocycles. The number of amides is 1. The summed E-state index contributed by atoms with van der Waals surface area (Å²) in [4.78, 5) is 11.9. The molecule has 118 valence electrons. The summed E-state index contributed by atoms with van der Waals surface area (Å²) in [6.07, 6.45) is -1.33. The van der Waals surface area contributed by atoms with E-state index in [9.17, 15) is 15.0 Å². The van der Waals surface area contributed by atoms with Gasteiger partial charge in [0.05, 0.1) is 6.10 Å². The number of halogens is 2. The molecule has 0 spiro atoms. The van der Waals surface area contributed by atoms with Crippen molar-refractivity contribution in [3.8, 4) is 0 Å². The Hall–Kier alpha value is -0.620. The Morgan fingerprint density at radius 3 is 2.52 bits per heavy atom. The summed E-state index contributed by atoms with van der Waals surface area (Å²) < 4.78 is 0.752. The van der Waals surface area contributed by atoms with Crippen LogP contribution < -0.4 is 5.32 Å². The number of nitrogens with one attached hydrogen (secondary N) is 1. The van der Waals surface area contributed by atoms with E-state index < -0.39 is 23.5 Å². The first kappa shape index (κ1) is 18.4. The van der Waals surface area contributed by atoms with Crippen LogP contribution in [-0.4, -0.2) is 28.8 Å². The van der Waals surface area contributed by atoms with Gasteiger partial charge in [-0.2, -0.15) is 0 Å². The van der Waals surface area contributed by atoms with Crippen LogP contribution in [0.5, 0.6) is 0 Å². The largest absolute Gasteiger partial charge is 0.387 e. The topological polar surface area (TPSA) is 69.6 Å². The molecular formula is C15H21BrClNO3. The molecule has 0 aromatic heterocycles. The second kappa shape index (κ2) is 7.58. The summed E-state index contributed by atoms with van der Waals surface area (Å²) in [5, 5.41) is 23.1. The van der Waals surface area contributed by atoms with Crippen molar-refractivity contribution in [3.05, 3.63) is 33.3 Å². The molecule has 1 aromatic carbocycles. The van der Waals surface area contributed by atoms with Crippen molar-refractivity contribution in [1.82, 2.24) is 5.32 Å². The third-order valence-corrected chi connectivity index (χ3v) is 4.32. The van der Waals surface area contributed by atoms with Gasteiger partial charge in [0.25, 0.3) is 0 Å². The second-order valence-electron chi connectivity index (χ2n) is 5.71. The van der Waals surface area contributed by atoms with Crippen LogP contribution in [0.15, 0.2) is 22.7 Å². The van der Waals surface area contributed by atoms with Crippen LogP contribution in [0, 0.1) is 5.41 Å². The van der Waals surface area contributed by atoms with Crippen LogP contribution in [0.3, 0.4) is 0 Å². The summed E-state index contributed by atoms with van der Waals surface area (Å²) in [7, 11) is 0. The highest BCUT2D eigenvalue weighted by atomic mass is 79.9. The molecule has 4 nitrogen and oxygen atoms in total. The Labute approximate surface area is 138 Å². The molecule has 21 heavy (non-hydrogen) atoms. The van der Waals surface area contributed by atoms with Gasteiger partial charge < -0.3 is 15.5 Å². The van der Waals surface area contributed by atoms with Crippen molar-refractivity contribution in [2.75, 3.05) is 6.54 Å². The molecule has 1 amide bonds. The van der Waals surface area contributed by atoms with E-state index in [1.54, 1.807) is 18.2 Å². The van der Waals surface area contributed by atoms with E-state index >= 15 is 0 Å². The first-order chi connectivity index (χ1) is 9.67. The fourth-order valence-electron chi connectivity index (χ4n) is 1.73. The van der Waals surface area contributed by atoms with Crippen molar-refractivity contribution in [1.29, 1.82) is 0 Å². The summed E-state index contributed by atoms with van der Waals surface area (Å²) in [5.74, 6) is -0.484. The van der Waals surface area contributed by atoms with Gasteiger partial charge in [-0.15, -0.1) is 0 Å². The number of carbonyl (C=O) groups is 1. The highest BCUT2D eigenvalue weighted by Crippen LogP contribution is 2.26. The van der Waals surface area contributed by atoms with Gasteiger partial charge in [0, 0.05) is 16.0 Å². The van der Waals surface area contributed by atoms with Gasteiger partial charge in [0.15, 0.2) is 0 Å². The lowest BCUT2D eigenvalue weighted by Crippen LogP contribution is -2.44. The Balaban J connectivity index is 2.64. The maximum Gasteiger partial charge on any atom is 0.249 e. The van der Waals surface area contributed by atoms with E-state index in [-0.39, 0.29) is 6.54 Å². The number of hydrogen-bond acceptors (Lipinski definition) is 3. The first-order valence-electron chi connectivity index (χ1n) is 6.77. The zero-order chi connectivity index (χ0) is 16.2. The molecule has 0 aliphatic rings. The van der Waals surface area contributed by atoms with Crippen molar-refractivity contribution in [2.24, 2.45) is 5.41 Å². The number of carbonyl (C=O) groups excluding carboxylic acids is 1. The van der Waals surface area contributed by atoms with Crippen molar-refractivity contribution < 1.29 is 15.0 Å². The van der Waals surface area contributed by atoms with Crippen LogP contribution in [-0.2, 0) is 4.79 Å². The minimum absolute atomic E-state index is 0.0163. The average Bonchev–Trinajstić information content (AvgIpc) is 2.42. The lowest BCUT2D eigenvalue weighted by Gasteiger charge is -2.28. The molecule has 0 saturated heterocycles. The Bertz CT molecular complexity index is 487. The highest BCUT2D eigenvalue weighted by Gasteiger charge is 2.31. The summed E-state index contributed by atoms with van der Waals surface area (Å²) in [5.41, 5.74) is 0.0904. The lowest BCUT2D eigenvalue weighted by molar-refractivity contribution is -0.135. The lowest BCUT2D eigenvalue weighted by atomic mass is 9.83. The van der Waals surface area contributed by atoms with Crippen LogP contribution in [0.25, 0.3) is 0 Å². The van der Waals surface area contributed by atoms with E-state index in [0.717, 1.165) is 4.47 Å². The molecular weight excluding hydrogens is 358 g/mol. The molecule has 0 heterocycles. The van der Waals surface area contributed by atoms with E-state index in [4.69, 9.17) is 11.6 Å². The minimum atomic E-state index is -1.11. The highest BCUT2D eigenvalue weighted by molar-refractivity contribution is 9.10. The molecule has 1 aromatic rings. The molecule has 0 aliphatic heterocycles. The van der Waals surface area contributed by atoms with Crippen molar-refractivity contribution in [2.45, 2.75) is 39.4 Å². The fourth-order valence-corrected chi connectivity index (χ4v) is 2.61. The normalized spacial score (nSPS) is 14.6. The quantitative estimate of drug-likeness (QED) is 0.712. The van der Waals surface area contributed by atoms with E-state index in [1.165, 1.54) is 0 Å². The van der Waals surface area contributed by atoms with Crippen LogP contribution in [0.1, 0.15) is 38.9 Å². The van der Waals surface area contributed by atoms with E-state index in [1.807, 2.05) is 20.8 Å². The number of aliphatic hydroxyl groups is 2. The fraction of sp³-hybridized carbons (Fsp3) is 0.533. The van der Waals surface area contributed by atoms with Gasteiger partial charge in [0.2, 0.25) is 5.91 Å². The third kappa shape index (κ3) is 5.25. The van der Waals surface area contributed by atoms with E-state index in [2.05, 4.69) is 21.2 Å². The second-order valence-corrected chi connectivity index (χ2v) is 7.06. The van der Waals surface area contributed by atoms with Gasteiger partial charge in [-0.1, -0.05) is 48.3 Å². The monoisotopic (exact) mass is 377 g/mol. The average molecular weight is 379 g/mol. The molecule has 2 atom stereocenters. The summed E-state index contributed by atoms with van der Waals surface area (Å²) >= 11 is 9.21. The molecule has 0 bridgehead atoms. The van der Waals surface area contributed by atoms with Gasteiger partial charge in [0.1, 0.15) is 6.10 Å². The number of rotatable bonds is 6. The minimum Gasteiger partial charge on any atom is -0.387 e. The summed E-state index contributed by atoms with van der Waals surface area (Å²) in [6, 6.07) is 5.08. The van der Waals surface area contributed by atoms with Crippen LogP contribution >= 0.6 is 27.5 Å². The van der Waals surface area contributed by atoms with Gasteiger partial charge >= 0.3 is 0 Å². The maximum atomic E-state index is 11.9. The Morgan fingerprint density at radius 2 is 2.00 bits per heavy atom. The molecule has 3 N–H and O–H groups in total. The van der Waals surface area contributed by atoms with Crippen molar-refractivity contribution in [3.63, 3.8) is 0 Å². The first-order valence-corrected chi connectivity index (χ1v) is 7.94. The number of aliphatic hydroxyl groups excluding tert-OH is 2. The standard InChI is InChI=1S/C15H21BrClNO3/c1-4-15(2,3)13(20)14(21)18-8-12(19)9-5-10(16)7-11(17)6-9/h5-7,12-13,19-20H,4,8H2,1-3H3,(H,18,21)/t12-,13?/m0/s1. The number of benzene rings is 1. The van der Waals surface area contributed by atoms with Crippen LogP contribution in [0.2, 0.25) is 5.02 Å². The SMILES string of the molecule is CCC(C)(C)C(O)C(=O)NC[C@H](O)c1cc(Cl)cc(Br)c1. The maximum absolute atomic E-state index is 11.9. The van der Waals surface area contributed by atoms with Gasteiger partial charge in [-0.25, -0.2) is 0 Å². The molecule has 1 unspecified atom stereocenters. The Kier molecular flexibility index (Phi) is 6.66. The zero-order valence-electron chi connectivity index (χ0n) is 12.4. The molecule has 0 fully saturated rings. The van der Waals surface area contributed by atoms with Gasteiger partial charge in [-0.05, 0) is 35.6 Å². The molecule has 1 rings (SSSR count). The predicted octanol–water partition coefficient (Wildman–Crippen LogP) is 3.05. The molecule has 6 heteroatoms. The van der Waals surface area contributed by atoms with Crippen LogP contribution in [0.4, 0.5) is 0 Å². The molecule has 0 radical (unpaired) electrons. The van der Waals surface area contributed by atoms with Crippen molar-refractivity contribution >= 4 is 33.4 Å². The molecule has 0 aliphatic carbocycles. The number of hydrogen-bond donors (Lipinski definition) is 3. The Morgan fingerprint density at radius 1 is 1.38 bits per heavy atom. The zero-order valence-corrected chi connectivity index (χ0v) is 14.7. The third-order valence-electron chi connectivity index (χ3n) is 3.64. The summed E-state index contributed by atoms with van der Waals surface area (Å²) in [6.45, 7) is 5.57. The smallest absolute Gasteiger partial charge is 0.249 e. The predicted molar refractivity (Wildman–Crippen MR) is 87.2 cm³/mol.